The van der Waals surface area contributed by atoms with Crippen molar-refractivity contribution < 1.29 is 13.2 Å². The molecule has 0 aromatic heterocycles. The molecular formula is C11H21F3N2. The molecule has 1 N–H and O–H groups in total. The second-order valence-electron chi connectivity index (χ2n) is 4.56. The molecule has 2 nitrogen and oxygen atoms in total. The summed E-state index contributed by atoms with van der Waals surface area (Å²) in [6, 6.07) is -0.0411. The highest BCUT2D eigenvalue weighted by Gasteiger charge is 2.30. The van der Waals surface area contributed by atoms with Gasteiger partial charge in [-0.05, 0) is 45.3 Å². The third kappa shape index (κ3) is 4.70. The maximum Gasteiger partial charge on any atom is 0.401 e. The third-order valence-electron chi connectivity index (χ3n) is 3.41. The van der Waals surface area contributed by atoms with Crippen molar-refractivity contribution in [1.29, 1.82) is 0 Å². The van der Waals surface area contributed by atoms with Crippen LogP contribution >= 0.6 is 0 Å². The van der Waals surface area contributed by atoms with E-state index in [4.69, 9.17) is 0 Å². The van der Waals surface area contributed by atoms with E-state index in [2.05, 4.69) is 17.1 Å². The fourth-order valence-corrected chi connectivity index (χ4v) is 2.21. The highest BCUT2D eigenvalue weighted by molar-refractivity contribution is 4.79. The maximum absolute atomic E-state index is 12.0. The zero-order valence-electron chi connectivity index (χ0n) is 9.98. The van der Waals surface area contributed by atoms with Crippen LogP contribution < -0.4 is 5.32 Å². The molecule has 5 heteroatoms. The van der Waals surface area contributed by atoms with Crippen LogP contribution in [0.2, 0.25) is 0 Å². The lowest BCUT2D eigenvalue weighted by Gasteiger charge is -2.34. The molecule has 0 bridgehead atoms. The van der Waals surface area contributed by atoms with Gasteiger partial charge in [-0.15, -0.1) is 0 Å². The summed E-state index contributed by atoms with van der Waals surface area (Å²) in [7, 11) is 0. The molecule has 0 saturated carbocycles. The fourth-order valence-electron chi connectivity index (χ4n) is 2.21. The summed E-state index contributed by atoms with van der Waals surface area (Å²) in [5.74, 6) is 0.380. The molecule has 96 valence electrons. The Morgan fingerprint density at radius 1 is 1.31 bits per heavy atom. The lowest BCUT2D eigenvalue weighted by atomic mass is 9.90. The second-order valence-corrected chi connectivity index (χ2v) is 4.56. The fraction of sp³-hybridized carbons (Fsp3) is 1.00. The van der Waals surface area contributed by atoms with Crippen LogP contribution in [0.15, 0.2) is 0 Å². The van der Waals surface area contributed by atoms with E-state index in [9.17, 15) is 13.2 Å². The van der Waals surface area contributed by atoms with E-state index in [0.29, 0.717) is 5.92 Å². The molecule has 0 aliphatic carbocycles. The van der Waals surface area contributed by atoms with Gasteiger partial charge < -0.3 is 10.2 Å². The Labute approximate surface area is 95.2 Å². The highest BCUT2D eigenvalue weighted by atomic mass is 19.4. The summed E-state index contributed by atoms with van der Waals surface area (Å²) in [6.45, 7) is 6.17. The van der Waals surface area contributed by atoms with Gasteiger partial charge in [-0.2, -0.15) is 13.2 Å². The van der Waals surface area contributed by atoms with Gasteiger partial charge in [0.1, 0.15) is 0 Å². The van der Waals surface area contributed by atoms with Crippen molar-refractivity contribution in [3.63, 3.8) is 0 Å². The molecule has 0 amide bonds. The minimum atomic E-state index is -4.10. The van der Waals surface area contributed by atoms with Gasteiger partial charge in [0.25, 0.3) is 0 Å². The number of alkyl halides is 3. The number of nitrogens with one attached hydrogen (secondary N) is 1. The van der Waals surface area contributed by atoms with Crippen molar-refractivity contribution in [2.75, 3.05) is 26.2 Å². The van der Waals surface area contributed by atoms with Crippen LogP contribution in [0.25, 0.3) is 0 Å². The zero-order valence-corrected chi connectivity index (χ0v) is 9.98. The van der Waals surface area contributed by atoms with Gasteiger partial charge in [-0.3, -0.25) is 0 Å². The van der Waals surface area contributed by atoms with E-state index >= 15 is 0 Å². The molecule has 1 atom stereocenters. The highest BCUT2D eigenvalue weighted by Crippen LogP contribution is 2.21. The molecule has 1 heterocycles. The number of halogens is 3. The predicted octanol–water partition coefficient (Wildman–Crippen LogP) is 2.26. The van der Waals surface area contributed by atoms with Crippen LogP contribution in [-0.4, -0.2) is 43.3 Å². The molecule has 1 unspecified atom stereocenters. The topological polar surface area (TPSA) is 15.3 Å². The van der Waals surface area contributed by atoms with Gasteiger partial charge in [0.2, 0.25) is 0 Å². The lowest BCUT2D eigenvalue weighted by Crippen LogP contribution is -2.44. The van der Waals surface area contributed by atoms with Crippen molar-refractivity contribution in [2.45, 2.75) is 38.9 Å². The molecule has 1 fully saturated rings. The van der Waals surface area contributed by atoms with Gasteiger partial charge in [-0.1, -0.05) is 6.92 Å². The molecule has 1 aliphatic heterocycles. The van der Waals surface area contributed by atoms with E-state index in [0.717, 1.165) is 32.5 Å². The Morgan fingerprint density at radius 3 is 2.31 bits per heavy atom. The molecule has 0 spiro atoms. The van der Waals surface area contributed by atoms with E-state index in [1.807, 2.05) is 6.92 Å². The molecule has 16 heavy (non-hydrogen) atoms. The van der Waals surface area contributed by atoms with Crippen LogP contribution in [0.1, 0.15) is 26.7 Å². The Bertz CT molecular complexity index is 198. The summed E-state index contributed by atoms with van der Waals surface area (Å²) in [4.78, 5) is 2.34. The van der Waals surface area contributed by atoms with E-state index in [1.165, 1.54) is 0 Å². The molecule has 0 aromatic carbocycles. The van der Waals surface area contributed by atoms with Gasteiger partial charge in [0, 0.05) is 6.04 Å². The van der Waals surface area contributed by atoms with Gasteiger partial charge >= 0.3 is 6.18 Å². The first kappa shape index (κ1) is 13.8. The van der Waals surface area contributed by atoms with Gasteiger partial charge in [0.15, 0.2) is 0 Å². The summed E-state index contributed by atoms with van der Waals surface area (Å²) >= 11 is 0. The smallest absolute Gasteiger partial charge is 0.306 e. The number of hydrogen-bond donors (Lipinski definition) is 1. The maximum atomic E-state index is 12.0. The largest absolute Gasteiger partial charge is 0.401 e. The third-order valence-corrected chi connectivity index (χ3v) is 3.41. The standard InChI is InChI=1S/C11H21F3N2/c1-3-16-6-4-10(5-7-16)9(2)15-8-11(12,13)14/h9-10,15H,3-8H2,1-2H3. The quantitative estimate of drug-likeness (QED) is 0.808. The van der Waals surface area contributed by atoms with Crippen molar-refractivity contribution in [3.05, 3.63) is 0 Å². The summed E-state index contributed by atoms with van der Waals surface area (Å²) in [5, 5.41) is 2.58. The van der Waals surface area contributed by atoms with Crippen LogP contribution in [0.4, 0.5) is 13.2 Å². The van der Waals surface area contributed by atoms with Crippen molar-refractivity contribution in [2.24, 2.45) is 5.92 Å². The number of hydrogen-bond acceptors (Lipinski definition) is 2. The SMILES string of the molecule is CCN1CCC(C(C)NCC(F)(F)F)CC1. The molecular weight excluding hydrogens is 217 g/mol. The Hall–Kier alpha value is -0.290. The molecule has 1 aliphatic rings. The molecule has 1 rings (SSSR count). The van der Waals surface area contributed by atoms with E-state index in [-0.39, 0.29) is 6.04 Å². The van der Waals surface area contributed by atoms with Crippen LogP contribution in [-0.2, 0) is 0 Å². The van der Waals surface area contributed by atoms with E-state index in [1.54, 1.807) is 0 Å². The Balaban J connectivity index is 2.25. The first-order chi connectivity index (χ1) is 7.42. The predicted molar refractivity (Wildman–Crippen MR) is 58.4 cm³/mol. The lowest BCUT2D eigenvalue weighted by molar-refractivity contribution is -0.126. The van der Waals surface area contributed by atoms with E-state index < -0.39 is 12.7 Å². The number of piperidine rings is 1. The average molecular weight is 238 g/mol. The van der Waals surface area contributed by atoms with Gasteiger partial charge in [0.05, 0.1) is 6.54 Å². The minimum Gasteiger partial charge on any atom is -0.306 e. The molecule has 0 radical (unpaired) electrons. The number of rotatable bonds is 4. The summed E-state index contributed by atoms with van der Waals surface area (Å²) in [5.41, 5.74) is 0. The van der Waals surface area contributed by atoms with Crippen LogP contribution in [0.3, 0.4) is 0 Å². The zero-order chi connectivity index (χ0) is 12.2. The van der Waals surface area contributed by atoms with Crippen LogP contribution in [0, 0.1) is 5.92 Å². The first-order valence-electron chi connectivity index (χ1n) is 5.95. The summed E-state index contributed by atoms with van der Waals surface area (Å²) in [6.07, 6.45) is -2.10. The van der Waals surface area contributed by atoms with Crippen molar-refractivity contribution in [3.8, 4) is 0 Å². The van der Waals surface area contributed by atoms with Gasteiger partial charge in [-0.25, -0.2) is 0 Å². The number of nitrogens with zero attached hydrogens (tertiary/aromatic N) is 1. The Kier molecular flexibility index (Phi) is 5.05. The number of likely N-dealkylation sites (tertiary alicyclic amines) is 1. The minimum absolute atomic E-state index is 0.0411. The normalized spacial score (nSPS) is 22.3. The molecule has 0 aromatic rings. The molecule has 1 saturated heterocycles. The first-order valence-corrected chi connectivity index (χ1v) is 5.95. The summed E-state index contributed by atoms with van der Waals surface area (Å²) < 4.78 is 36.1. The van der Waals surface area contributed by atoms with Crippen LogP contribution in [0.5, 0.6) is 0 Å². The monoisotopic (exact) mass is 238 g/mol. The van der Waals surface area contributed by atoms with Crippen molar-refractivity contribution >= 4 is 0 Å². The Morgan fingerprint density at radius 2 is 1.88 bits per heavy atom. The second kappa shape index (κ2) is 5.87. The average Bonchev–Trinajstić information content (AvgIpc) is 2.25. The van der Waals surface area contributed by atoms with Crippen molar-refractivity contribution in [1.82, 2.24) is 10.2 Å².